The first-order chi connectivity index (χ1) is 14.7. The Labute approximate surface area is 178 Å². The van der Waals surface area contributed by atoms with Gasteiger partial charge in [0.1, 0.15) is 36.7 Å². The van der Waals surface area contributed by atoms with Gasteiger partial charge in [0, 0.05) is 7.05 Å². The molecule has 0 spiro atoms. The number of carbonyl (C=O) groups excluding carboxylic acids is 1. The van der Waals surface area contributed by atoms with E-state index in [-0.39, 0.29) is 13.2 Å². The Balaban J connectivity index is 1.69. The van der Waals surface area contributed by atoms with Crippen LogP contribution in [0.25, 0.3) is 11.2 Å². The summed E-state index contributed by atoms with van der Waals surface area (Å²) in [4.78, 5) is 24.0. The first kappa shape index (κ1) is 23.4. The number of ether oxygens (including phenoxy) is 2. The summed E-state index contributed by atoms with van der Waals surface area (Å²) in [6.45, 7) is 4.12. The Morgan fingerprint density at radius 1 is 1.48 bits per heavy atom. The summed E-state index contributed by atoms with van der Waals surface area (Å²) in [7, 11) is -0.818. The normalized spacial score (nSPS) is 27.3. The molecule has 1 aliphatic heterocycles. The lowest BCUT2D eigenvalue weighted by Crippen LogP contribution is -2.40. The SMILES string of the molecule is CCOC(=O)[C@H](C)N[P+](=O)OC[C@H]1O[C@@H](n2cnc3c(NC)ncnc32)[C@](C)(F)[C@@H]1O. The van der Waals surface area contributed by atoms with Gasteiger partial charge < -0.3 is 19.9 Å². The second-order valence-electron chi connectivity index (χ2n) is 7.07. The second kappa shape index (κ2) is 9.45. The van der Waals surface area contributed by atoms with Crippen LogP contribution < -0.4 is 10.4 Å². The molecule has 3 heterocycles. The summed E-state index contributed by atoms with van der Waals surface area (Å²) >= 11 is 0. The van der Waals surface area contributed by atoms with Crippen LogP contribution in [0.15, 0.2) is 12.7 Å². The number of aliphatic hydroxyl groups excluding tert-OH is 1. The molecule has 1 saturated heterocycles. The number of nitrogens with zero attached hydrogens (tertiary/aromatic N) is 4. The molecule has 12 nitrogen and oxygen atoms in total. The van der Waals surface area contributed by atoms with Crippen LogP contribution in [0.2, 0.25) is 0 Å². The number of hydrogen-bond donors (Lipinski definition) is 3. The first-order valence-electron chi connectivity index (χ1n) is 9.61. The van der Waals surface area contributed by atoms with Gasteiger partial charge in [0.05, 0.1) is 12.9 Å². The van der Waals surface area contributed by atoms with E-state index in [1.165, 1.54) is 31.1 Å². The predicted octanol–water partition coefficient (Wildman–Crippen LogP) is 1.07. The molecule has 0 saturated carbocycles. The van der Waals surface area contributed by atoms with Crippen molar-refractivity contribution in [1.29, 1.82) is 0 Å². The predicted molar refractivity (Wildman–Crippen MR) is 107 cm³/mol. The number of imidazole rings is 1. The number of rotatable bonds is 9. The number of aromatic nitrogens is 4. The van der Waals surface area contributed by atoms with Crippen LogP contribution in [0.3, 0.4) is 0 Å². The van der Waals surface area contributed by atoms with Gasteiger partial charge in [0.25, 0.3) is 0 Å². The van der Waals surface area contributed by atoms with Crippen LogP contribution in [0.4, 0.5) is 10.2 Å². The van der Waals surface area contributed by atoms with Gasteiger partial charge in [-0.15, -0.1) is 4.52 Å². The number of aliphatic hydroxyl groups is 1. The highest BCUT2D eigenvalue weighted by Crippen LogP contribution is 2.43. The van der Waals surface area contributed by atoms with Gasteiger partial charge in [0.2, 0.25) is 0 Å². The molecular weight excluding hydrogens is 434 g/mol. The molecule has 1 fully saturated rings. The van der Waals surface area contributed by atoms with Crippen molar-refractivity contribution in [2.24, 2.45) is 0 Å². The van der Waals surface area contributed by atoms with E-state index >= 15 is 4.39 Å². The molecule has 2 aromatic heterocycles. The molecule has 0 amide bonds. The Bertz CT molecular complexity index is 958. The minimum absolute atomic E-state index is 0.185. The fourth-order valence-electron chi connectivity index (χ4n) is 3.21. The third kappa shape index (κ3) is 4.65. The molecule has 6 atom stereocenters. The molecule has 3 N–H and O–H groups in total. The minimum Gasteiger partial charge on any atom is -0.465 e. The van der Waals surface area contributed by atoms with E-state index in [0.29, 0.717) is 17.0 Å². The first-order valence-corrected chi connectivity index (χ1v) is 10.8. The fraction of sp³-hybridized carbons (Fsp3) is 0.647. The van der Waals surface area contributed by atoms with E-state index in [0.717, 1.165) is 0 Å². The molecule has 2 aromatic rings. The van der Waals surface area contributed by atoms with E-state index in [1.807, 2.05) is 0 Å². The number of esters is 1. The van der Waals surface area contributed by atoms with Crippen molar-refractivity contribution in [3.05, 3.63) is 12.7 Å². The van der Waals surface area contributed by atoms with Crippen LogP contribution in [0, 0.1) is 0 Å². The zero-order valence-corrected chi connectivity index (χ0v) is 18.4. The van der Waals surface area contributed by atoms with Crippen molar-refractivity contribution in [2.75, 3.05) is 25.6 Å². The maximum absolute atomic E-state index is 15.4. The average Bonchev–Trinajstić information content (AvgIpc) is 3.25. The highest BCUT2D eigenvalue weighted by Gasteiger charge is 2.56. The Hall–Kier alpha value is -2.31. The number of carbonyl (C=O) groups is 1. The molecule has 170 valence electrons. The molecule has 1 unspecified atom stereocenters. The van der Waals surface area contributed by atoms with Crippen molar-refractivity contribution in [2.45, 2.75) is 50.9 Å². The smallest absolute Gasteiger partial charge is 0.465 e. The Morgan fingerprint density at radius 2 is 2.23 bits per heavy atom. The fourth-order valence-corrected chi connectivity index (χ4v) is 3.99. The number of hydrogen-bond acceptors (Lipinski definition) is 10. The zero-order valence-electron chi connectivity index (χ0n) is 17.5. The third-order valence-corrected chi connectivity index (χ3v) is 5.84. The molecule has 1 aliphatic rings. The maximum Gasteiger partial charge on any atom is 0.613 e. The molecule has 0 aromatic carbocycles. The molecule has 0 bridgehead atoms. The van der Waals surface area contributed by atoms with Crippen molar-refractivity contribution in [3.8, 4) is 0 Å². The highest BCUT2D eigenvalue weighted by molar-refractivity contribution is 7.36. The van der Waals surface area contributed by atoms with Gasteiger partial charge in [-0.2, -0.15) is 0 Å². The van der Waals surface area contributed by atoms with Crippen molar-refractivity contribution < 1.29 is 32.9 Å². The topological polar surface area (TPSA) is 150 Å². The lowest BCUT2D eigenvalue weighted by Gasteiger charge is -2.24. The third-order valence-electron chi connectivity index (χ3n) is 4.86. The van der Waals surface area contributed by atoms with Gasteiger partial charge in [-0.05, 0) is 25.3 Å². The summed E-state index contributed by atoms with van der Waals surface area (Å²) in [5, 5.41) is 15.8. The number of alkyl halides is 1. The monoisotopic (exact) mass is 459 g/mol. The zero-order chi connectivity index (χ0) is 22.8. The average molecular weight is 459 g/mol. The van der Waals surface area contributed by atoms with Gasteiger partial charge in [-0.3, -0.25) is 9.36 Å². The van der Waals surface area contributed by atoms with Gasteiger partial charge in [-0.25, -0.2) is 19.3 Å². The standard InChI is InChI=1S/C17H25FN6O6P/c1-5-28-15(26)9(2)23-31(27)29-6-10-12(25)17(3,18)16(30-10)24-8-22-11-13(19-4)20-7-21-14(11)24/h7-10,12,16,25H,5-6H2,1-4H3,(H,23,27)(H,19,20,21)/q+1/t9-,10+,12+,16+,17+/m0/s1. The van der Waals surface area contributed by atoms with Crippen LogP contribution in [0.5, 0.6) is 0 Å². The largest absolute Gasteiger partial charge is 0.613 e. The number of halogens is 1. The minimum atomic E-state index is -2.49. The molecule has 14 heteroatoms. The molecule has 31 heavy (non-hydrogen) atoms. The number of fused-ring (bicyclic) bond motifs is 1. The summed E-state index contributed by atoms with van der Waals surface area (Å²) in [5.41, 5.74) is -1.49. The second-order valence-corrected chi connectivity index (χ2v) is 8.11. The number of nitrogens with one attached hydrogen (secondary N) is 2. The Morgan fingerprint density at radius 3 is 2.90 bits per heavy atom. The molecule has 0 radical (unpaired) electrons. The van der Waals surface area contributed by atoms with Gasteiger partial charge in [0.15, 0.2) is 23.4 Å². The van der Waals surface area contributed by atoms with E-state index in [9.17, 15) is 14.5 Å². The molecular formula is C17H25FN6O6P+. The van der Waals surface area contributed by atoms with E-state index in [2.05, 4.69) is 25.4 Å². The van der Waals surface area contributed by atoms with Crippen molar-refractivity contribution in [1.82, 2.24) is 24.6 Å². The van der Waals surface area contributed by atoms with E-state index in [4.69, 9.17) is 14.0 Å². The summed E-state index contributed by atoms with van der Waals surface area (Å²) in [5.74, 6) is -0.126. The van der Waals surface area contributed by atoms with Crippen molar-refractivity contribution in [3.63, 3.8) is 0 Å². The lowest BCUT2D eigenvalue weighted by molar-refractivity contribution is -0.144. The highest BCUT2D eigenvalue weighted by atomic mass is 31.1. The Kier molecular flexibility index (Phi) is 7.12. The van der Waals surface area contributed by atoms with Crippen LogP contribution in [-0.4, -0.2) is 74.8 Å². The van der Waals surface area contributed by atoms with Crippen LogP contribution in [-0.2, 0) is 23.4 Å². The van der Waals surface area contributed by atoms with Crippen LogP contribution >= 0.6 is 8.18 Å². The number of anilines is 1. The maximum atomic E-state index is 15.4. The lowest BCUT2D eigenvalue weighted by atomic mass is 9.98. The quantitative estimate of drug-likeness (QED) is 0.365. The van der Waals surface area contributed by atoms with E-state index in [1.54, 1.807) is 14.0 Å². The summed E-state index contributed by atoms with van der Waals surface area (Å²) in [6, 6.07) is -0.865. The van der Waals surface area contributed by atoms with E-state index < -0.39 is 44.3 Å². The van der Waals surface area contributed by atoms with Gasteiger partial charge >= 0.3 is 14.1 Å². The van der Waals surface area contributed by atoms with Crippen LogP contribution in [0.1, 0.15) is 27.0 Å². The molecule has 0 aliphatic carbocycles. The summed E-state index contributed by atoms with van der Waals surface area (Å²) in [6.07, 6.45) is -1.31. The van der Waals surface area contributed by atoms with Crippen molar-refractivity contribution >= 4 is 31.1 Å². The summed E-state index contributed by atoms with van der Waals surface area (Å²) < 4.78 is 44.5. The molecule has 3 rings (SSSR count). The van der Waals surface area contributed by atoms with Gasteiger partial charge in [-0.1, -0.05) is 5.09 Å².